The number of hydrazine groups is 1. The normalized spacial score (nSPS) is 10.4. The fraction of sp³-hybridized carbons (Fsp3) is 0.0526. The Morgan fingerprint density at radius 3 is 2.12 bits per heavy atom. The van der Waals surface area contributed by atoms with Crippen molar-refractivity contribution in [2.24, 2.45) is 0 Å². The highest BCUT2D eigenvalue weighted by atomic mass is 19.1. The third-order valence-electron chi connectivity index (χ3n) is 3.64. The van der Waals surface area contributed by atoms with E-state index in [9.17, 15) is 18.4 Å². The molecular formula is C19H14F2N2O3. The van der Waals surface area contributed by atoms with Gasteiger partial charge in [0.15, 0.2) is 5.76 Å². The summed E-state index contributed by atoms with van der Waals surface area (Å²) in [6.07, 6.45) is 0. The van der Waals surface area contributed by atoms with Crippen molar-refractivity contribution in [1.29, 1.82) is 0 Å². The average Bonchev–Trinajstić information content (AvgIpc) is 3.09. The summed E-state index contributed by atoms with van der Waals surface area (Å²) in [5.74, 6) is -3.21. The van der Waals surface area contributed by atoms with Gasteiger partial charge in [0.05, 0.1) is 5.56 Å². The Morgan fingerprint density at radius 2 is 1.46 bits per heavy atom. The molecule has 3 aromatic rings. The standard InChI is InChI=1S/C19H14F2N2O3/c1-11-5-7-12(8-6-11)18(24)22-23-19(25)16-10-9-15(26-16)17-13(20)3-2-4-14(17)21/h2-10H,1H3,(H,22,24)(H,23,25). The number of benzene rings is 2. The summed E-state index contributed by atoms with van der Waals surface area (Å²) >= 11 is 0. The van der Waals surface area contributed by atoms with Gasteiger partial charge in [-0.3, -0.25) is 20.4 Å². The molecule has 0 saturated heterocycles. The van der Waals surface area contributed by atoms with Crippen LogP contribution in [0.3, 0.4) is 0 Å². The quantitative estimate of drug-likeness (QED) is 0.705. The zero-order valence-electron chi connectivity index (χ0n) is 13.7. The molecule has 0 fully saturated rings. The number of hydrogen-bond acceptors (Lipinski definition) is 3. The Balaban J connectivity index is 1.69. The number of nitrogens with one attached hydrogen (secondary N) is 2. The first-order chi connectivity index (χ1) is 12.5. The van der Waals surface area contributed by atoms with Gasteiger partial charge in [-0.2, -0.15) is 0 Å². The van der Waals surface area contributed by atoms with Gasteiger partial charge in [0.1, 0.15) is 17.4 Å². The molecule has 2 amide bonds. The zero-order chi connectivity index (χ0) is 18.7. The molecule has 1 heterocycles. The predicted molar refractivity (Wildman–Crippen MR) is 90.2 cm³/mol. The van der Waals surface area contributed by atoms with Crippen molar-refractivity contribution in [1.82, 2.24) is 10.9 Å². The van der Waals surface area contributed by atoms with Gasteiger partial charge in [-0.05, 0) is 43.3 Å². The highest BCUT2D eigenvalue weighted by Crippen LogP contribution is 2.27. The Morgan fingerprint density at radius 1 is 0.846 bits per heavy atom. The second-order valence-electron chi connectivity index (χ2n) is 5.53. The summed E-state index contributed by atoms with van der Waals surface area (Å²) in [5.41, 5.74) is 5.42. The maximum atomic E-state index is 13.8. The van der Waals surface area contributed by atoms with Gasteiger partial charge in [0, 0.05) is 5.56 Å². The lowest BCUT2D eigenvalue weighted by Gasteiger charge is -2.06. The monoisotopic (exact) mass is 356 g/mol. The van der Waals surface area contributed by atoms with Gasteiger partial charge in [-0.1, -0.05) is 23.8 Å². The third-order valence-corrected chi connectivity index (χ3v) is 3.64. The molecule has 1 aromatic heterocycles. The van der Waals surface area contributed by atoms with Gasteiger partial charge in [0.2, 0.25) is 0 Å². The van der Waals surface area contributed by atoms with Crippen molar-refractivity contribution in [2.45, 2.75) is 6.92 Å². The minimum absolute atomic E-state index is 0.129. The first kappa shape index (κ1) is 17.3. The van der Waals surface area contributed by atoms with Gasteiger partial charge in [-0.15, -0.1) is 0 Å². The lowest BCUT2D eigenvalue weighted by molar-refractivity contribution is 0.0831. The summed E-state index contributed by atoms with van der Waals surface area (Å²) in [6, 6.07) is 12.7. The van der Waals surface area contributed by atoms with Crippen molar-refractivity contribution in [2.75, 3.05) is 0 Å². The number of carbonyl (C=O) groups excluding carboxylic acids is 2. The van der Waals surface area contributed by atoms with Crippen LogP contribution in [0.4, 0.5) is 8.78 Å². The van der Waals surface area contributed by atoms with Crippen LogP contribution in [0.5, 0.6) is 0 Å². The molecule has 7 heteroatoms. The summed E-state index contributed by atoms with van der Waals surface area (Å²) < 4.78 is 32.7. The number of hydrogen-bond donors (Lipinski definition) is 2. The molecule has 0 aliphatic heterocycles. The molecule has 0 atom stereocenters. The SMILES string of the molecule is Cc1ccc(C(=O)NNC(=O)c2ccc(-c3c(F)cccc3F)o2)cc1. The molecule has 5 nitrogen and oxygen atoms in total. The zero-order valence-corrected chi connectivity index (χ0v) is 13.7. The molecule has 26 heavy (non-hydrogen) atoms. The van der Waals surface area contributed by atoms with E-state index < -0.39 is 23.4 Å². The second kappa shape index (κ2) is 7.18. The van der Waals surface area contributed by atoms with Crippen LogP contribution in [0, 0.1) is 18.6 Å². The van der Waals surface area contributed by atoms with E-state index >= 15 is 0 Å². The van der Waals surface area contributed by atoms with Gasteiger partial charge >= 0.3 is 5.91 Å². The fourth-order valence-electron chi connectivity index (χ4n) is 2.28. The topological polar surface area (TPSA) is 71.3 Å². The van der Waals surface area contributed by atoms with Crippen LogP contribution in [-0.4, -0.2) is 11.8 Å². The minimum Gasteiger partial charge on any atom is -0.451 e. The molecule has 2 N–H and O–H groups in total. The van der Waals surface area contributed by atoms with E-state index in [0.29, 0.717) is 5.56 Å². The number of furan rings is 1. The molecule has 0 aliphatic rings. The van der Waals surface area contributed by atoms with Gasteiger partial charge < -0.3 is 4.42 Å². The highest BCUT2D eigenvalue weighted by Gasteiger charge is 2.18. The van der Waals surface area contributed by atoms with Crippen molar-refractivity contribution >= 4 is 11.8 Å². The highest BCUT2D eigenvalue weighted by molar-refractivity contribution is 5.98. The fourth-order valence-corrected chi connectivity index (χ4v) is 2.28. The van der Waals surface area contributed by atoms with E-state index in [2.05, 4.69) is 10.9 Å². The van der Waals surface area contributed by atoms with Crippen LogP contribution in [0.1, 0.15) is 26.5 Å². The summed E-state index contributed by atoms with van der Waals surface area (Å²) in [5, 5.41) is 0. The molecule has 0 unspecified atom stereocenters. The van der Waals surface area contributed by atoms with Gasteiger partial charge in [0.25, 0.3) is 5.91 Å². The number of amides is 2. The summed E-state index contributed by atoms with van der Waals surface area (Å²) in [7, 11) is 0. The maximum absolute atomic E-state index is 13.8. The third kappa shape index (κ3) is 3.61. The predicted octanol–water partition coefficient (Wildman–Crippen LogP) is 3.61. The van der Waals surface area contributed by atoms with E-state index in [1.807, 2.05) is 6.92 Å². The number of aryl methyl sites for hydroxylation is 1. The number of rotatable bonds is 3. The van der Waals surface area contributed by atoms with E-state index in [-0.39, 0.29) is 17.1 Å². The molecule has 132 valence electrons. The van der Waals surface area contributed by atoms with E-state index in [0.717, 1.165) is 17.7 Å². The molecule has 3 rings (SSSR count). The largest absolute Gasteiger partial charge is 0.451 e. The molecule has 0 radical (unpaired) electrons. The van der Waals surface area contributed by atoms with Crippen molar-refractivity contribution in [3.05, 3.63) is 83.1 Å². The summed E-state index contributed by atoms with van der Waals surface area (Å²) in [6.45, 7) is 1.89. The van der Waals surface area contributed by atoms with Crippen LogP contribution in [0.2, 0.25) is 0 Å². The van der Waals surface area contributed by atoms with Crippen LogP contribution < -0.4 is 10.9 Å². The molecule has 0 spiro atoms. The molecule has 0 aliphatic carbocycles. The van der Waals surface area contributed by atoms with Crippen LogP contribution in [0.15, 0.2) is 59.0 Å². The van der Waals surface area contributed by atoms with E-state index in [1.165, 1.54) is 18.2 Å². The smallest absolute Gasteiger partial charge is 0.305 e. The van der Waals surface area contributed by atoms with Crippen LogP contribution >= 0.6 is 0 Å². The van der Waals surface area contributed by atoms with E-state index in [4.69, 9.17) is 4.42 Å². The maximum Gasteiger partial charge on any atom is 0.305 e. The van der Waals surface area contributed by atoms with E-state index in [1.54, 1.807) is 24.3 Å². The molecule has 2 aromatic carbocycles. The summed E-state index contributed by atoms with van der Waals surface area (Å²) in [4.78, 5) is 24.0. The number of carbonyl (C=O) groups is 2. The van der Waals surface area contributed by atoms with Crippen molar-refractivity contribution < 1.29 is 22.8 Å². The molecule has 0 bridgehead atoms. The van der Waals surface area contributed by atoms with Crippen molar-refractivity contribution in [3.8, 4) is 11.3 Å². The Labute approximate surface area is 147 Å². The Hall–Kier alpha value is -3.48. The average molecular weight is 356 g/mol. The minimum atomic E-state index is -0.806. The van der Waals surface area contributed by atoms with Crippen molar-refractivity contribution in [3.63, 3.8) is 0 Å². The van der Waals surface area contributed by atoms with Gasteiger partial charge in [-0.25, -0.2) is 8.78 Å². The second-order valence-corrected chi connectivity index (χ2v) is 5.53. The Kier molecular flexibility index (Phi) is 4.79. The number of halogens is 2. The lowest BCUT2D eigenvalue weighted by Crippen LogP contribution is -2.41. The molecule has 0 saturated carbocycles. The van der Waals surface area contributed by atoms with Crippen LogP contribution in [-0.2, 0) is 0 Å². The first-order valence-electron chi connectivity index (χ1n) is 7.67. The Bertz CT molecular complexity index is 945. The van der Waals surface area contributed by atoms with Crippen LogP contribution in [0.25, 0.3) is 11.3 Å². The molecular weight excluding hydrogens is 342 g/mol. The first-order valence-corrected chi connectivity index (χ1v) is 7.67. The lowest BCUT2D eigenvalue weighted by atomic mass is 10.1.